The summed E-state index contributed by atoms with van der Waals surface area (Å²) < 4.78 is 5.49. The highest BCUT2D eigenvalue weighted by Crippen LogP contribution is 2.20. The molecule has 1 rings (SSSR count). The van der Waals surface area contributed by atoms with Crippen molar-refractivity contribution in [2.75, 3.05) is 13.1 Å². The van der Waals surface area contributed by atoms with E-state index in [2.05, 4.69) is 5.16 Å². The van der Waals surface area contributed by atoms with Crippen LogP contribution in [0.4, 0.5) is 0 Å². The molecule has 1 fully saturated rings. The van der Waals surface area contributed by atoms with E-state index in [1.54, 1.807) is 0 Å². The third-order valence-corrected chi connectivity index (χ3v) is 2.68. The second-order valence-corrected chi connectivity index (χ2v) is 3.96. The van der Waals surface area contributed by atoms with E-state index in [1.165, 1.54) is 4.90 Å². The van der Waals surface area contributed by atoms with Crippen LogP contribution in [0.25, 0.3) is 0 Å². The summed E-state index contributed by atoms with van der Waals surface area (Å²) in [6, 6.07) is 0. The molecular formula is C10H19N3O3. The predicted octanol–water partition coefficient (Wildman–Crippen LogP) is 0.149. The third kappa shape index (κ3) is 3.10. The van der Waals surface area contributed by atoms with Crippen molar-refractivity contribution in [2.24, 2.45) is 10.9 Å². The molecule has 0 bridgehead atoms. The lowest BCUT2D eigenvalue weighted by atomic mass is 10.2. The minimum Gasteiger partial charge on any atom is -0.409 e. The number of rotatable bonds is 4. The maximum atomic E-state index is 12.0. The number of amides is 1. The zero-order chi connectivity index (χ0) is 12.1. The summed E-state index contributed by atoms with van der Waals surface area (Å²) in [5.41, 5.74) is 5.38. The standard InChI is InChI=1S/C10H19N3O3/c1-3-13(6-9(11)12-15)10(14)8-5-4-7(2)16-8/h7-8,15H,3-6H2,1-2H3,(H2,11,12). The molecule has 2 atom stereocenters. The third-order valence-electron chi connectivity index (χ3n) is 2.68. The van der Waals surface area contributed by atoms with E-state index < -0.39 is 0 Å². The van der Waals surface area contributed by atoms with Gasteiger partial charge >= 0.3 is 0 Å². The summed E-state index contributed by atoms with van der Waals surface area (Å²) in [5, 5.41) is 11.3. The monoisotopic (exact) mass is 229 g/mol. The topological polar surface area (TPSA) is 88.1 Å². The number of nitrogens with zero attached hydrogens (tertiary/aromatic N) is 2. The number of likely N-dealkylation sites (N-methyl/N-ethyl adjacent to an activating group) is 1. The van der Waals surface area contributed by atoms with Crippen LogP contribution in [0.5, 0.6) is 0 Å². The molecule has 6 heteroatoms. The molecule has 0 radical (unpaired) electrons. The first-order valence-corrected chi connectivity index (χ1v) is 5.49. The summed E-state index contributed by atoms with van der Waals surface area (Å²) >= 11 is 0. The van der Waals surface area contributed by atoms with Gasteiger partial charge in [-0.3, -0.25) is 4.79 Å². The average Bonchev–Trinajstić information content (AvgIpc) is 2.71. The van der Waals surface area contributed by atoms with Gasteiger partial charge in [0.2, 0.25) is 0 Å². The minimum atomic E-state index is -0.374. The molecule has 1 amide bonds. The summed E-state index contributed by atoms with van der Waals surface area (Å²) in [6.45, 7) is 4.46. The Labute approximate surface area is 95.0 Å². The number of amidine groups is 1. The van der Waals surface area contributed by atoms with Crippen molar-refractivity contribution in [1.29, 1.82) is 0 Å². The molecule has 0 spiro atoms. The Balaban J connectivity index is 2.55. The van der Waals surface area contributed by atoms with Gasteiger partial charge in [0.15, 0.2) is 5.84 Å². The van der Waals surface area contributed by atoms with E-state index in [0.29, 0.717) is 6.54 Å². The van der Waals surface area contributed by atoms with Gasteiger partial charge in [-0.15, -0.1) is 0 Å². The van der Waals surface area contributed by atoms with Crippen LogP contribution in [0.1, 0.15) is 26.7 Å². The van der Waals surface area contributed by atoms with Crippen LogP contribution in [0.3, 0.4) is 0 Å². The molecular weight excluding hydrogens is 210 g/mol. The Bertz CT molecular complexity index is 280. The van der Waals surface area contributed by atoms with E-state index in [-0.39, 0.29) is 30.5 Å². The fourth-order valence-corrected chi connectivity index (χ4v) is 1.76. The van der Waals surface area contributed by atoms with Gasteiger partial charge in [0.1, 0.15) is 6.10 Å². The van der Waals surface area contributed by atoms with Gasteiger partial charge in [-0.2, -0.15) is 0 Å². The molecule has 0 aromatic heterocycles. The summed E-state index contributed by atoms with van der Waals surface area (Å²) in [5.74, 6) is -0.0558. The first kappa shape index (κ1) is 12.8. The van der Waals surface area contributed by atoms with Gasteiger partial charge < -0.3 is 20.6 Å². The Morgan fingerprint density at radius 2 is 2.31 bits per heavy atom. The van der Waals surface area contributed by atoms with Gasteiger partial charge in [0.25, 0.3) is 5.91 Å². The van der Waals surface area contributed by atoms with E-state index in [4.69, 9.17) is 15.7 Å². The second-order valence-electron chi connectivity index (χ2n) is 3.96. The molecule has 1 aliphatic heterocycles. The lowest BCUT2D eigenvalue weighted by Gasteiger charge is -2.23. The highest BCUT2D eigenvalue weighted by molar-refractivity contribution is 5.88. The van der Waals surface area contributed by atoms with Gasteiger partial charge in [0, 0.05) is 6.54 Å². The fraction of sp³-hybridized carbons (Fsp3) is 0.800. The van der Waals surface area contributed by atoms with Crippen LogP contribution in [-0.2, 0) is 9.53 Å². The van der Waals surface area contributed by atoms with Crippen molar-refractivity contribution in [3.8, 4) is 0 Å². The number of carbonyl (C=O) groups excluding carboxylic acids is 1. The van der Waals surface area contributed by atoms with E-state index >= 15 is 0 Å². The first-order chi connectivity index (χ1) is 7.58. The molecule has 0 aromatic rings. The van der Waals surface area contributed by atoms with E-state index in [9.17, 15) is 4.79 Å². The van der Waals surface area contributed by atoms with Crippen LogP contribution >= 0.6 is 0 Å². The number of ether oxygens (including phenoxy) is 1. The number of hydrogen-bond acceptors (Lipinski definition) is 4. The summed E-state index contributed by atoms with van der Waals surface area (Å²) in [6.07, 6.45) is 1.41. The van der Waals surface area contributed by atoms with Crippen LogP contribution in [-0.4, -0.2) is 47.1 Å². The molecule has 6 nitrogen and oxygen atoms in total. The van der Waals surface area contributed by atoms with Crippen molar-refractivity contribution >= 4 is 11.7 Å². The largest absolute Gasteiger partial charge is 0.409 e. The molecule has 0 saturated carbocycles. The Hall–Kier alpha value is -1.30. The molecule has 3 N–H and O–H groups in total. The summed E-state index contributed by atoms with van der Waals surface area (Å²) in [7, 11) is 0. The zero-order valence-corrected chi connectivity index (χ0v) is 9.72. The van der Waals surface area contributed by atoms with Gasteiger partial charge in [-0.05, 0) is 26.7 Å². The van der Waals surface area contributed by atoms with Crippen molar-refractivity contribution in [3.63, 3.8) is 0 Å². The number of carbonyl (C=O) groups is 1. The lowest BCUT2D eigenvalue weighted by molar-refractivity contribution is -0.141. The SMILES string of the molecule is CCN(CC(N)=NO)C(=O)C1CCC(C)O1. The van der Waals surface area contributed by atoms with Crippen molar-refractivity contribution in [3.05, 3.63) is 0 Å². The average molecular weight is 229 g/mol. The molecule has 0 aliphatic carbocycles. The molecule has 1 aliphatic rings. The molecule has 2 unspecified atom stereocenters. The van der Waals surface area contributed by atoms with Crippen molar-refractivity contribution in [1.82, 2.24) is 4.90 Å². The molecule has 1 heterocycles. The fourth-order valence-electron chi connectivity index (χ4n) is 1.76. The Kier molecular flexibility index (Phi) is 4.54. The van der Waals surface area contributed by atoms with Crippen molar-refractivity contribution < 1.29 is 14.7 Å². The van der Waals surface area contributed by atoms with Crippen LogP contribution < -0.4 is 5.73 Å². The number of hydrogen-bond donors (Lipinski definition) is 2. The maximum absolute atomic E-state index is 12.0. The molecule has 92 valence electrons. The van der Waals surface area contributed by atoms with Crippen LogP contribution in [0.2, 0.25) is 0 Å². The smallest absolute Gasteiger partial charge is 0.252 e. The highest BCUT2D eigenvalue weighted by atomic mass is 16.5. The molecule has 0 aromatic carbocycles. The van der Waals surface area contributed by atoms with Crippen LogP contribution in [0.15, 0.2) is 5.16 Å². The van der Waals surface area contributed by atoms with Crippen molar-refractivity contribution in [2.45, 2.75) is 38.9 Å². The second kappa shape index (κ2) is 5.69. The summed E-state index contributed by atoms with van der Waals surface area (Å²) in [4.78, 5) is 13.5. The zero-order valence-electron chi connectivity index (χ0n) is 9.72. The number of oxime groups is 1. The Morgan fingerprint density at radius 1 is 1.62 bits per heavy atom. The van der Waals surface area contributed by atoms with Gasteiger partial charge in [0.05, 0.1) is 12.6 Å². The maximum Gasteiger partial charge on any atom is 0.252 e. The lowest BCUT2D eigenvalue weighted by Crippen LogP contribution is -2.43. The highest BCUT2D eigenvalue weighted by Gasteiger charge is 2.31. The first-order valence-electron chi connectivity index (χ1n) is 5.49. The molecule has 16 heavy (non-hydrogen) atoms. The normalized spacial score (nSPS) is 25.8. The van der Waals surface area contributed by atoms with Gasteiger partial charge in [-0.1, -0.05) is 5.16 Å². The predicted molar refractivity (Wildman–Crippen MR) is 59.2 cm³/mol. The number of nitrogens with two attached hydrogens (primary N) is 1. The van der Waals surface area contributed by atoms with E-state index in [0.717, 1.165) is 12.8 Å². The Morgan fingerprint density at radius 3 is 2.75 bits per heavy atom. The quantitative estimate of drug-likeness (QED) is 0.311. The molecule has 1 saturated heterocycles. The van der Waals surface area contributed by atoms with Crippen LogP contribution in [0, 0.1) is 0 Å². The van der Waals surface area contributed by atoms with E-state index in [1.807, 2.05) is 13.8 Å². The van der Waals surface area contributed by atoms with Gasteiger partial charge in [-0.25, -0.2) is 0 Å². The minimum absolute atomic E-state index is 0.0289.